The Labute approximate surface area is 169 Å². The molecule has 0 atom stereocenters. The Kier molecular flexibility index (Phi) is 8.09. The first-order valence-corrected chi connectivity index (χ1v) is 10.5. The number of nitrogens with zero attached hydrogens (tertiary/aromatic N) is 3. The van der Waals surface area contributed by atoms with Gasteiger partial charge in [-0.05, 0) is 26.2 Å². The van der Waals surface area contributed by atoms with Crippen LogP contribution in [0.3, 0.4) is 0 Å². The number of carbonyl (C=O) groups is 1. The molecule has 0 unspecified atom stereocenters. The van der Waals surface area contributed by atoms with Crippen LogP contribution in [0.2, 0.25) is 0 Å². The van der Waals surface area contributed by atoms with Gasteiger partial charge in [0.05, 0.1) is 12.1 Å². The maximum atomic E-state index is 12.9. The number of anilines is 1. The van der Waals surface area contributed by atoms with E-state index in [0.29, 0.717) is 12.5 Å². The third-order valence-corrected chi connectivity index (χ3v) is 5.00. The lowest BCUT2D eigenvalue weighted by Crippen LogP contribution is -2.36. The highest BCUT2D eigenvalue weighted by molar-refractivity contribution is 5.79. The SMILES string of the molecule is CCN(CC)c1onc(-c2ccccc2)c1CN(CCC(C)C)C(=O)C(C)C. The van der Waals surface area contributed by atoms with Crippen LogP contribution in [0.15, 0.2) is 34.9 Å². The molecule has 0 aliphatic carbocycles. The topological polar surface area (TPSA) is 49.6 Å². The monoisotopic (exact) mass is 385 g/mol. The fourth-order valence-electron chi connectivity index (χ4n) is 3.26. The van der Waals surface area contributed by atoms with Crippen molar-refractivity contribution in [1.82, 2.24) is 10.1 Å². The highest BCUT2D eigenvalue weighted by Crippen LogP contribution is 2.32. The lowest BCUT2D eigenvalue weighted by Gasteiger charge is -2.27. The summed E-state index contributed by atoms with van der Waals surface area (Å²) in [5, 5.41) is 4.40. The van der Waals surface area contributed by atoms with Gasteiger partial charge in [-0.2, -0.15) is 0 Å². The highest BCUT2D eigenvalue weighted by Gasteiger charge is 2.26. The first-order valence-electron chi connectivity index (χ1n) is 10.5. The second kappa shape index (κ2) is 10.3. The van der Waals surface area contributed by atoms with Gasteiger partial charge >= 0.3 is 0 Å². The molecule has 0 aliphatic rings. The van der Waals surface area contributed by atoms with Crippen molar-refractivity contribution >= 4 is 11.8 Å². The molecule has 0 saturated carbocycles. The third-order valence-electron chi connectivity index (χ3n) is 5.00. The smallest absolute Gasteiger partial charge is 0.232 e. The van der Waals surface area contributed by atoms with E-state index < -0.39 is 0 Å². The van der Waals surface area contributed by atoms with Crippen molar-refractivity contribution in [3.63, 3.8) is 0 Å². The number of aromatic nitrogens is 1. The molecule has 0 saturated heterocycles. The number of hydrogen-bond acceptors (Lipinski definition) is 4. The zero-order chi connectivity index (χ0) is 20.7. The summed E-state index contributed by atoms with van der Waals surface area (Å²) in [5.41, 5.74) is 2.83. The van der Waals surface area contributed by atoms with E-state index >= 15 is 0 Å². The number of hydrogen-bond donors (Lipinski definition) is 0. The fraction of sp³-hybridized carbons (Fsp3) is 0.565. The van der Waals surface area contributed by atoms with Crippen molar-refractivity contribution in [2.24, 2.45) is 11.8 Å². The Morgan fingerprint density at radius 2 is 1.71 bits per heavy atom. The second-order valence-corrected chi connectivity index (χ2v) is 7.95. The summed E-state index contributed by atoms with van der Waals surface area (Å²) in [6.45, 7) is 15.4. The zero-order valence-electron chi connectivity index (χ0n) is 18.2. The molecule has 0 radical (unpaired) electrons. The average Bonchev–Trinajstić information content (AvgIpc) is 3.09. The standard InChI is InChI=1S/C23H35N3O2/c1-7-25(8-2)23-20(21(24-28-23)19-12-10-9-11-13-19)16-26(15-14-17(3)4)22(27)18(5)6/h9-13,17-18H,7-8,14-16H2,1-6H3. The lowest BCUT2D eigenvalue weighted by atomic mass is 10.0. The minimum atomic E-state index is -0.0379. The van der Waals surface area contributed by atoms with Gasteiger partial charge in [-0.1, -0.05) is 63.2 Å². The van der Waals surface area contributed by atoms with Crippen molar-refractivity contribution in [2.75, 3.05) is 24.5 Å². The molecular formula is C23H35N3O2. The fourth-order valence-corrected chi connectivity index (χ4v) is 3.26. The van der Waals surface area contributed by atoms with Crippen LogP contribution in [0.5, 0.6) is 0 Å². The predicted octanol–water partition coefficient (Wildman–Crippen LogP) is 5.22. The first-order chi connectivity index (χ1) is 13.4. The van der Waals surface area contributed by atoms with Crippen molar-refractivity contribution in [2.45, 2.75) is 54.5 Å². The van der Waals surface area contributed by atoms with Gasteiger partial charge in [0.2, 0.25) is 11.8 Å². The lowest BCUT2D eigenvalue weighted by molar-refractivity contribution is -0.135. The van der Waals surface area contributed by atoms with E-state index in [9.17, 15) is 4.79 Å². The average molecular weight is 386 g/mol. The normalized spacial score (nSPS) is 11.3. The van der Waals surface area contributed by atoms with Crippen LogP contribution in [0, 0.1) is 11.8 Å². The van der Waals surface area contributed by atoms with Gasteiger partial charge in [0.25, 0.3) is 0 Å². The van der Waals surface area contributed by atoms with Gasteiger partial charge < -0.3 is 14.3 Å². The van der Waals surface area contributed by atoms with Crippen LogP contribution >= 0.6 is 0 Å². The summed E-state index contributed by atoms with van der Waals surface area (Å²) in [6.07, 6.45) is 0.977. The van der Waals surface area contributed by atoms with Gasteiger partial charge in [-0.3, -0.25) is 4.79 Å². The van der Waals surface area contributed by atoms with Crippen LogP contribution in [-0.4, -0.2) is 35.6 Å². The van der Waals surface area contributed by atoms with Gasteiger partial charge in [-0.15, -0.1) is 0 Å². The molecule has 5 heteroatoms. The molecular weight excluding hydrogens is 350 g/mol. The first kappa shape index (κ1) is 22.0. The quantitative estimate of drug-likeness (QED) is 0.563. The van der Waals surface area contributed by atoms with E-state index in [0.717, 1.165) is 48.8 Å². The minimum absolute atomic E-state index is 0.0379. The van der Waals surface area contributed by atoms with Crippen LogP contribution < -0.4 is 4.90 Å². The number of rotatable bonds is 10. The van der Waals surface area contributed by atoms with Gasteiger partial charge in [0.15, 0.2) is 0 Å². The molecule has 1 aromatic heterocycles. The molecule has 0 bridgehead atoms. The molecule has 0 N–H and O–H groups in total. The molecule has 0 aliphatic heterocycles. The molecule has 2 rings (SSSR count). The van der Waals surface area contributed by atoms with Gasteiger partial charge in [0.1, 0.15) is 5.69 Å². The van der Waals surface area contributed by atoms with Crippen LogP contribution in [-0.2, 0) is 11.3 Å². The summed E-state index contributed by atoms with van der Waals surface area (Å²) in [7, 11) is 0. The Hall–Kier alpha value is -2.30. The van der Waals surface area contributed by atoms with E-state index in [1.807, 2.05) is 49.1 Å². The molecule has 28 heavy (non-hydrogen) atoms. The molecule has 0 spiro atoms. The Morgan fingerprint density at radius 3 is 2.25 bits per heavy atom. The predicted molar refractivity (Wildman–Crippen MR) is 115 cm³/mol. The summed E-state index contributed by atoms with van der Waals surface area (Å²) < 4.78 is 5.80. The molecule has 0 fully saturated rings. The van der Waals surface area contributed by atoms with Gasteiger partial charge in [-0.25, -0.2) is 0 Å². The zero-order valence-corrected chi connectivity index (χ0v) is 18.2. The second-order valence-electron chi connectivity index (χ2n) is 7.95. The molecule has 2 aromatic rings. The number of amides is 1. The van der Waals surface area contributed by atoms with Crippen molar-refractivity contribution in [3.8, 4) is 11.3 Å². The largest absolute Gasteiger partial charge is 0.341 e. The summed E-state index contributed by atoms with van der Waals surface area (Å²) in [5.74, 6) is 1.45. The number of carbonyl (C=O) groups excluding carboxylic acids is 1. The van der Waals surface area contributed by atoms with E-state index in [4.69, 9.17) is 4.52 Å². The van der Waals surface area contributed by atoms with E-state index in [-0.39, 0.29) is 11.8 Å². The summed E-state index contributed by atoms with van der Waals surface area (Å²) in [4.78, 5) is 17.0. The maximum Gasteiger partial charge on any atom is 0.232 e. The van der Waals surface area contributed by atoms with E-state index in [1.54, 1.807) is 0 Å². The molecule has 154 valence electrons. The van der Waals surface area contributed by atoms with E-state index in [1.165, 1.54) is 0 Å². The van der Waals surface area contributed by atoms with Crippen LogP contribution in [0.1, 0.15) is 53.5 Å². The molecule has 1 amide bonds. The Balaban J connectivity index is 2.46. The van der Waals surface area contributed by atoms with Gasteiger partial charge in [0, 0.05) is 31.1 Å². The van der Waals surface area contributed by atoms with Crippen molar-refractivity contribution < 1.29 is 9.32 Å². The third kappa shape index (κ3) is 5.37. The summed E-state index contributed by atoms with van der Waals surface area (Å²) in [6, 6.07) is 10.1. The van der Waals surface area contributed by atoms with Crippen LogP contribution in [0.25, 0.3) is 11.3 Å². The van der Waals surface area contributed by atoms with Crippen molar-refractivity contribution in [1.29, 1.82) is 0 Å². The summed E-state index contributed by atoms with van der Waals surface area (Å²) >= 11 is 0. The Bertz CT molecular complexity index is 734. The van der Waals surface area contributed by atoms with E-state index in [2.05, 4.69) is 37.8 Å². The molecule has 1 heterocycles. The van der Waals surface area contributed by atoms with Crippen molar-refractivity contribution in [3.05, 3.63) is 35.9 Å². The van der Waals surface area contributed by atoms with Crippen LogP contribution in [0.4, 0.5) is 5.88 Å². The molecule has 1 aromatic carbocycles. The minimum Gasteiger partial charge on any atom is -0.341 e. The highest BCUT2D eigenvalue weighted by atomic mass is 16.5. The maximum absolute atomic E-state index is 12.9. The molecule has 5 nitrogen and oxygen atoms in total. The Morgan fingerprint density at radius 1 is 1.07 bits per heavy atom. The number of benzene rings is 1.